The van der Waals surface area contributed by atoms with Crippen LogP contribution >= 0.6 is 34.5 Å². The maximum atomic E-state index is 12.8. The highest BCUT2D eigenvalue weighted by atomic mass is 35.5. The summed E-state index contributed by atoms with van der Waals surface area (Å²) in [6.07, 6.45) is 1.66. The number of esters is 1. The zero-order valence-electron chi connectivity index (χ0n) is 18.9. The molecule has 0 unspecified atom stereocenters. The van der Waals surface area contributed by atoms with Gasteiger partial charge in [0.05, 0.1) is 29.3 Å². The number of carbonyl (C=O) groups is 2. The number of thiazole rings is 1. The zero-order chi connectivity index (χ0) is 24.6. The van der Waals surface area contributed by atoms with Crippen molar-refractivity contribution in [1.29, 1.82) is 0 Å². The van der Waals surface area contributed by atoms with E-state index in [0.717, 1.165) is 0 Å². The van der Waals surface area contributed by atoms with Crippen LogP contribution in [0.3, 0.4) is 0 Å². The van der Waals surface area contributed by atoms with Crippen LogP contribution in [0.15, 0.2) is 6.33 Å². The van der Waals surface area contributed by atoms with E-state index in [1.807, 2.05) is 4.90 Å². The minimum atomic E-state index is -0.496. The fourth-order valence-electron chi connectivity index (χ4n) is 3.80. The molecule has 1 amide bonds. The molecule has 1 aliphatic rings. The van der Waals surface area contributed by atoms with Crippen LogP contribution in [0.4, 0.5) is 5.13 Å². The molecule has 4 rings (SSSR count). The Morgan fingerprint density at radius 1 is 1.29 bits per heavy atom. The molecule has 0 aromatic carbocycles. The number of rotatable bonds is 6. The topological polar surface area (TPSA) is 127 Å². The minimum Gasteiger partial charge on any atom is -0.465 e. The van der Waals surface area contributed by atoms with E-state index in [-0.39, 0.29) is 28.8 Å². The van der Waals surface area contributed by atoms with Crippen LogP contribution in [0.25, 0.3) is 11.5 Å². The number of aromatic nitrogens is 5. The molecular weight excluding hydrogens is 505 g/mol. The van der Waals surface area contributed by atoms with Gasteiger partial charge in [-0.15, -0.1) is 0 Å². The van der Waals surface area contributed by atoms with E-state index in [0.29, 0.717) is 51.8 Å². The van der Waals surface area contributed by atoms with E-state index in [1.54, 1.807) is 25.8 Å². The van der Waals surface area contributed by atoms with Crippen LogP contribution < -0.4 is 10.2 Å². The number of piperidine rings is 1. The highest BCUT2D eigenvalue weighted by molar-refractivity contribution is 7.17. The number of hydrogen-bond donors (Lipinski definition) is 2. The van der Waals surface area contributed by atoms with Crippen molar-refractivity contribution in [2.45, 2.75) is 25.5 Å². The van der Waals surface area contributed by atoms with Crippen molar-refractivity contribution in [3.63, 3.8) is 0 Å². The van der Waals surface area contributed by atoms with Crippen molar-refractivity contribution >= 4 is 51.5 Å². The van der Waals surface area contributed by atoms with Crippen molar-refractivity contribution in [2.75, 3.05) is 32.2 Å². The number of H-pyrrole nitrogens is 1. The summed E-state index contributed by atoms with van der Waals surface area (Å²) in [6.45, 7) is 2.77. The summed E-state index contributed by atoms with van der Waals surface area (Å²) in [5, 5.41) is 8.20. The first-order valence-corrected chi connectivity index (χ1v) is 11.9. The molecular formula is C20H23Cl2N7O4S. The van der Waals surface area contributed by atoms with Crippen LogP contribution in [0.2, 0.25) is 10.0 Å². The second-order valence-corrected chi connectivity index (χ2v) is 9.45. The number of hydrogen-bond acceptors (Lipinski definition) is 9. The van der Waals surface area contributed by atoms with Gasteiger partial charge in [-0.05, 0) is 13.3 Å². The summed E-state index contributed by atoms with van der Waals surface area (Å²) in [5.74, 6) is -0.388. The van der Waals surface area contributed by atoms with Gasteiger partial charge in [0.2, 0.25) is 0 Å². The van der Waals surface area contributed by atoms with E-state index in [4.69, 9.17) is 32.7 Å². The third-order valence-corrected chi connectivity index (χ3v) is 7.68. The van der Waals surface area contributed by atoms with Gasteiger partial charge in [0.15, 0.2) is 11.0 Å². The van der Waals surface area contributed by atoms with Crippen LogP contribution in [0.1, 0.15) is 32.3 Å². The smallest absolute Gasteiger partial charge is 0.350 e. The second-order valence-electron chi connectivity index (χ2n) is 7.71. The van der Waals surface area contributed by atoms with Crippen molar-refractivity contribution in [3.05, 3.63) is 32.6 Å². The summed E-state index contributed by atoms with van der Waals surface area (Å²) < 4.78 is 12.2. The minimum absolute atomic E-state index is 0.192. The lowest BCUT2D eigenvalue weighted by Crippen LogP contribution is -2.55. The summed E-state index contributed by atoms with van der Waals surface area (Å²) in [5.41, 5.74) is 1.25. The number of carbonyl (C=O) groups excluding carboxylic acids is 2. The Labute approximate surface area is 209 Å². The number of ether oxygens (including phenoxy) is 2. The van der Waals surface area contributed by atoms with Crippen molar-refractivity contribution < 1.29 is 19.1 Å². The molecule has 11 nitrogen and oxygen atoms in total. The van der Waals surface area contributed by atoms with E-state index >= 15 is 0 Å². The first kappa shape index (κ1) is 24.5. The van der Waals surface area contributed by atoms with Crippen LogP contribution in [-0.2, 0) is 16.5 Å². The number of amides is 1. The quantitative estimate of drug-likeness (QED) is 0.468. The normalized spacial score (nSPS) is 18.2. The summed E-state index contributed by atoms with van der Waals surface area (Å²) in [6, 6.07) is -0.259. The highest BCUT2D eigenvalue weighted by Gasteiger charge is 2.34. The molecule has 2 atom stereocenters. The van der Waals surface area contributed by atoms with Gasteiger partial charge < -0.3 is 24.7 Å². The molecule has 34 heavy (non-hydrogen) atoms. The average Bonchev–Trinajstić information content (AvgIpc) is 3.52. The van der Waals surface area contributed by atoms with Gasteiger partial charge in [-0.2, -0.15) is 5.10 Å². The van der Waals surface area contributed by atoms with Crippen LogP contribution in [-0.4, -0.2) is 76.1 Å². The number of methoxy groups -OCH3 is 2. The van der Waals surface area contributed by atoms with Crippen LogP contribution in [0.5, 0.6) is 0 Å². The fraction of sp³-hybridized carbons (Fsp3) is 0.450. The Morgan fingerprint density at radius 3 is 2.65 bits per heavy atom. The molecule has 182 valence electrons. The zero-order valence-corrected chi connectivity index (χ0v) is 21.2. The first-order valence-electron chi connectivity index (χ1n) is 10.3. The molecule has 14 heteroatoms. The molecule has 0 spiro atoms. The second kappa shape index (κ2) is 9.90. The maximum Gasteiger partial charge on any atom is 0.350 e. The summed E-state index contributed by atoms with van der Waals surface area (Å²) in [4.78, 5) is 39.4. The van der Waals surface area contributed by atoms with E-state index < -0.39 is 5.97 Å². The number of anilines is 1. The van der Waals surface area contributed by atoms with E-state index in [9.17, 15) is 9.59 Å². The predicted octanol–water partition coefficient (Wildman–Crippen LogP) is 2.69. The van der Waals surface area contributed by atoms with Gasteiger partial charge in [-0.1, -0.05) is 34.5 Å². The molecule has 4 heterocycles. The first-order chi connectivity index (χ1) is 16.2. The molecule has 2 N–H and O–H groups in total. The largest absolute Gasteiger partial charge is 0.465 e. The fourth-order valence-corrected chi connectivity index (χ4v) is 5.23. The monoisotopic (exact) mass is 527 g/mol. The molecule has 0 radical (unpaired) electrons. The highest BCUT2D eigenvalue weighted by Crippen LogP contribution is 2.34. The Hall–Kier alpha value is -2.67. The Kier molecular flexibility index (Phi) is 7.12. The number of aryl methyl sites for hydroxylation is 2. The van der Waals surface area contributed by atoms with E-state index in [2.05, 4.69) is 25.4 Å². The molecule has 3 aromatic rings. The molecule has 3 aromatic heterocycles. The van der Waals surface area contributed by atoms with Gasteiger partial charge in [-0.3, -0.25) is 4.79 Å². The predicted molar refractivity (Wildman–Crippen MR) is 128 cm³/mol. The number of nitrogens with one attached hydrogen (secondary N) is 2. The number of halogens is 2. The Morgan fingerprint density at radius 2 is 2.06 bits per heavy atom. The third-order valence-electron chi connectivity index (χ3n) is 5.64. The van der Waals surface area contributed by atoms with Gasteiger partial charge in [0.1, 0.15) is 22.6 Å². The van der Waals surface area contributed by atoms with E-state index in [1.165, 1.54) is 24.8 Å². The van der Waals surface area contributed by atoms with Gasteiger partial charge in [0.25, 0.3) is 5.91 Å². The molecule has 0 bridgehead atoms. The molecule has 1 fully saturated rings. The molecule has 0 aliphatic carbocycles. The summed E-state index contributed by atoms with van der Waals surface area (Å²) in [7, 11) is 4.63. The standard InChI is InChI=1S/C20H23Cl2N7O4S/c1-9-12(21)13(22)14(25-9)18(30)26-10-5-6-29(7-11(10)32-3)20-27-15(16(34-20)19(31)33-4)17-23-8-24-28(17)2/h8,10-11,25H,5-7H2,1-4H3,(H,26,30)/t10-,11+/m1/s1. The Balaban J connectivity index is 1.53. The van der Waals surface area contributed by atoms with Gasteiger partial charge in [-0.25, -0.2) is 19.4 Å². The SMILES string of the molecule is COC(=O)c1sc(N2CC[C@@H](NC(=O)c3[nH]c(C)c(Cl)c3Cl)[C@@H](OC)C2)nc1-c1ncnn1C. The lowest BCUT2D eigenvalue weighted by atomic mass is 10.0. The maximum absolute atomic E-state index is 12.8. The van der Waals surface area contributed by atoms with Crippen molar-refractivity contribution in [2.24, 2.45) is 7.05 Å². The van der Waals surface area contributed by atoms with Crippen molar-refractivity contribution in [1.82, 2.24) is 30.0 Å². The molecule has 0 saturated carbocycles. The number of aromatic amines is 1. The lowest BCUT2D eigenvalue weighted by molar-refractivity contribution is 0.0540. The van der Waals surface area contributed by atoms with Gasteiger partial charge >= 0.3 is 5.97 Å². The lowest BCUT2D eigenvalue weighted by Gasteiger charge is -2.37. The average molecular weight is 528 g/mol. The van der Waals surface area contributed by atoms with Crippen molar-refractivity contribution in [3.8, 4) is 11.5 Å². The third kappa shape index (κ3) is 4.50. The summed E-state index contributed by atoms with van der Waals surface area (Å²) >= 11 is 13.5. The molecule has 1 saturated heterocycles. The van der Waals surface area contributed by atoms with Gasteiger partial charge in [0, 0.05) is 32.9 Å². The number of nitrogens with zero attached hydrogens (tertiary/aromatic N) is 5. The van der Waals surface area contributed by atoms with Crippen LogP contribution in [0, 0.1) is 6.92 Å². The molecule has 1 aliphatic heterocycles. The Bertz CT molecular complexity index is 1220.